The van der Waals surface area contributed by atoms with Crippen molar-refractivity contribution < 1.29 is 31.1 Å². The summed E-state index contributed by atoms with van der Waals surface area (Å²) < 4.78 is 79.6. The zero-order chi connectivity index (χ0) is 28.3. The number of H-pyrrole nitrogens is 1. The molecule has 0 spiro atoms. The monoisotopic (exact) mass is 553 g/mol. The van der Waals surface area contributed by atoms with Gasteiger partial charge >= 0.3 is 12.4 Å². The number of aromatic amines is 1. The maximum absolute atomic E-state index is 13.6. The van der Waals surface area contributed by atoms with Crippen LogP contribution in [0.25, 0.3) is 11.0 Å². The van der Waals surface area contributed by atoms with E-state index in [1.165, 1.54) is 0 Å². The van der Waals surface area contributed by atoms with Gasteiger partial charge in [0.1, 0.15) is 0 Å². The van der Waals surface area contributed by atoms with Gasteiger partial charge in [-0.2, -0.15) is 26.3 Å². The Labute approximate surface area is 223 Å². The SMILES string of the molecule is CCCC(CCCCc1ccc2nc[nH]c2c1)(CC1CC1)C(=O)NCc1cc(C(F)(F)F)cc(C(F)(F)F)c1. The maximum atomic E-state index is 13.6. The van der Waals surface area contributed by atoms with Crippen molar-refractivity contribution in [3.8, 4) is 0 Å². The lowest BCUT2D eigenvalue weighted by Crippen LogP contribution is -2.41. The number of aryl methyl sites for hydroxylation is 1. The van der Waals surface area contributed by atoms with Gasteiger partial charge in [-0.25, -0.2) is 4.98 Å². The fraction of sp³-hybridized carbons (Fsp3) is 0.517. The van der Waals surface area contributed by atoms with Crippen LogP contribution in [0.5, 0.6) is 0 Å². The van der Waals surface area contributed by atoms with Crippen LogP contribution in [0.4, 0.5) is 26.3 Å². The molecular formula is C29H33F6N3O. The number of aromatic nitrogens is 2. The fourth-order valence-corrected chi connectivity index (χ4v) is 5.42. The van der Waals surface area contributed by atoms with Crippen LogP contribution in [0.15, 0.2) is 42.7 Å². The molecule has 1 aliphatic carbocycles. The smallest absolute Gasteiger partial charge is 0.352 e. The third-order valence-electron chi connectivity index (χ3n) is 7.54. The molecule has 0 radical (unpaired) electrons. The molecule has 1 unspecified atom stereocenters. The summed E-state index contributed by atoms with van der Waals surface area (Å²) in [4.78, 5) is 20.9. The number of alkyl halides is 6. The number of imidazole rings is 1. The molecule has 2 N–H and O–H groups in total. The topological polar surface area (TPSA) is 57.8 Å². The van der Waals surface area contributed by atoms with E-state index < -0.39 is 35.4 Å². The Balaban J connectivity index is 1.45. The van der Waals surface area contributed by atoms with Crippen molar-refractivity contribution in [2.24, 2.45) is 11.3 Å². The zero-order valence-corrected chi connectivity index (χ0v) is 21.8. The molecule has 1 saturated carbocycles. The highest BCUT2D eigenvalue weighted by molar-refractivity contribution is 5.82. The van der Waals surface area contributed by atoms with E-state index in [4.69, 9.17) is 0 Å². The van der Waals surface area contributed by atoms with Crippen LogP contribution < -0.4 is 5.32 Å². The molecule has 3 aromatic rings. The van der Waals surface area contributed by atoms with Crippen LogP contribution >= 0.6 is 0 Å². The van der Waals surface area contributed by atoms with Crippen molar-refractivity contribution in [3.05, 3.63) is 65.0 Å². The van der Waals surface area contributed by atoms with E-state index in [1.54, 1.807) is 6.33 Å². The second kappa shape index (κ2) is 11.6. The van der Waals surface area contributed by atoms with Crippen LogP contribution in [0.1, 0.15) is 80.5 Å². The summed E-state index contributed by atoms with van der Waals surface area (Å²) in [5, 5.41) is 2.71. The van der Waals surface area contributed by atoms with E-state index in [0.29, 0.717) is 37.3 Å². The zero-order valence-electron chi connectivity index (χ0n) is 21.8. The summed E-state index contributed by atoms with van der Waals surface area (Å²) in [7, 11) is 0. The molecule has 1 atom stereocenters. The number of rotatable bonds is 12. The van der Waals surface area contributed by atoms with Crippen molar-refractivity contribution in [1.82, 2.24) is 15.3 Å². The van der Waals surface area contributed by atoms with E-state index >= 15 is 0 Å². The van der Waals surface area contributed by atoms with Crippen LogP contribution in [0.2, 0.25) is 0 Å². The Bertz CT molecular complexity index is 1250. The molecule has 0 bridgehead atoms. The summed E-state index contributed by atoms with van der Waals surface area (Å²) in [5.74, 6) is 0.136. The van der Waals surface area contributed by atoms with Crippen molar-refractivity contribution >= 4 is 16.9 Å². The number of carbonyl (C=O) groups excluding carboxylic acids is 1. The number of fused-ring (bicyclic) bond motifs is 1. The van der Waals surface area contributed by atoms with Crippen molar-refractivity contribution in [2.45, 2.75) is 83.6 Å². The molecule has 0 saturated heterocycles. The molecule has 212 valence electrons. The quantitative estimate of drug-likeness (QED) is 0.175. The standard InChI is InChI=1S/C29H33F6N3O/c1-2-10-27(16-20-6-7-20,11-4-3-5-19-8-9-24-25(14-19)38-18-37-24)26(39)36-17-21-12-22(28(30,31)32)15-23(13-21)29(33,34)35/h8-9,12-15,18,20H,2-7,10-11,16-17H2,1H3,(H,36,39)(H,37,38). The summed E-state index contributed by atoms with van der Waals surface area (Å²) in [5.41, 5.74) is -0.673. The first-order chi connectivity index (χ1) is 18.4. The van der Waals surface area contributed by atoms with Crippen LogP contribution in [-0.4, -0.2) is 15.9 Å². The molecule has 1 aromatic heterocycles. The van der Waals surface area contributed by atoms with Crippen molar-refractivity contribution in [2.75, 3.05) is 0 Å². The largest absolute Gasteiger partial charge is 0.416 e. The average molecular weight is 554 g/mol. The summed E-state index contributed by atoms with van der Waals surface area (Å²) in [6, 6.07) is 7.50. The molecular weight excluding hydrogens is 520 g/mol. The number of hydrogen-bond acceptors (Lipinski definition) is 2. The highest BCUT2D eigenvalue weighted by Gasteiger charge is 2.42. The Kier molecular flexibility index (Phi) is 8.61. The molecule has 39 heavy (non-hydrogen) atoms. The summed E-state index contributed by atoms with van der Waals surface area (Å²) >= 11 is 0. The van der Waals surface area contributed by atoms with Crippen LogP contribution in [-0.2, 0) is 30.1 Å². The lowest BCUT2D eigenvalue weighted by molar-refractivity contribution is -0.143. The van der Waals surface area contributed by atoms with E-state index in [0.717, 1.165) is 55.1 Å². The summed E-state index contributed by atoms with van der Waals surface area (Å²) in [6.07, 6.45) is -1.02. The molecule has 1 aliphatic rings. The number of nitrogens with one attached hydrogen (secondary N) is 2. The molecule has 1 heterocycles. The normalized spacial score (nSPS) is 15.9. The molecule has 1 fully saturated rings. The lowest BCUT2D eigenvalue weighted by atomic mass is 9.73. The van der Waals surface area contributed by atoms with Gasteiger partial charge in [0, 0.05) is 12.0 Å². The second-order valence-corrected chi connectivity index (χ2v) is 10.7. The Morgan fingerprint density at radius 1 is 0.949 bits per heavy atom. The first-order valence-corrected chi connectivity index (χ1v) is 13.4. The minimum absolute atomic E-state index is 0.101. The Morgan fingerprint density at radius 3 is 2.26 bits per heavy atom. The van der Waals surface area contributed by atoms with E-state index in [1.807, 2.05) is 19.1 Å². The van der Waals surface area contributed by atoms with E-state index in [9.17, 15) is 31.1 Å². The van der Waals surface area contributed by atoms with Gasteiger partial charge in [0.2, 0.25) is 5.91 Å². The minimum atomic E-state index is -4.93. The number of hydrogen-bond donors (Lipinski definition) is 2. The number of amides is 1. The molecule has 2 aromatic carbocycles. The molecule has 4 rings (SSSR count). The van der Waals surface area contributed by atoms with Crippen LogP contribution in [0, 0.1) is 11.3 Å². The fourth-order valence-electron chi connectivity index (χ4n) is 5.42. The molecule has 10 heteroatoms. The van der Waals surface area contributed by atoms with Gasteiger partial charge in [-0.15, -0.1) is 0 Å². The predicted octanol–water partition coefficient (Wildman–Crippen LogP) is 8.22. The van der Waals surface area contributed by atoms with Gasteiger partial charge in [-0.1, -0.05) is 38.7 Å². The molecule has 4 nitrogen and oxygen atoms in total. The highest BCUT2D eigenvalue weighted by Crippen LogP contribution is 2.46. The highest BCUT2D eigenvalue weighted by atomic mass is 19.4. The molecule has 1 amide bonds. The van der Waals surface area contributed by atoms with Gasteiger partial charge in [0.25, 0.3) is 0 Å². The number of benzene rings is 2. The van der Waals surface area contributed by atoms with Gasteiger partial charge in [0.05, 0.1) is 28.5 Å². The summed E-state index contributed by atoms with van der Waals surface area (Å²) in [6.45, 7) is 1.59. The van der Waals surface area contributed by atoms with Crippen molar-refractivity contribution in [1.29, 1.82) is 0 Å². The molecule has 0 aliphatic heterocycles. The predicted molar refractivity (Wildman–Crippen MR) is 137 cm³/mol. The van der Waals surface area contributed by atoms with E-state index in [2.05, 4.69) is 21.4 Å². The van der Waals surface area contributed by atoms with Crippen molar-refractivity contribution in [3.63, 3.8) is 0 Å². The first-order valence-electron chi connectivity index (χ1n) is 13.4. The Morgan fingerprint density at radius 2 is 1.64 bits per heavy atom. The second-order valence-electron chi connectivity index (χ2n) is 10.7. The number of carbonyl (C=O) groups is 1. The number of halogens is 6. The lowest BCUT2D eigenvalue weighted by Gasteiger charge is -2.33. The number of nitrogens with zero attached hydrogens (tertiary/aromatic N) is 1. The number of unbranched alkanes of at least 4 members (excludes halogenated alkanes) is 1. The third-order valence-corrected chi connectivity index (χ3v) is 7.54. The third kappa shape index (κ3) is 7.54. The maximum Gasteiger partial charge on any atom is 0.416 e. The minimum Gasteiger partial charge on any atom is -0.352 e. The average Bonchev–Trinajstić information content (AvgIpc) is 3.56. The van der Waals surface area contributed by atoms with Gasteiger partial charge < -0.3 is 10.3 Å². The van der Waals surface area contributed by atoms with E-state index in [-0.39, 0.29) is 17.5 Å². The first kappa shape index (κ1) is 29.0. The van der Waals surface area contributed by atoms with Gasteiger partial charge in [-0.3, -0.25) is 4.79 Å². The van der Waals surface area contributed by atoms with Crippen LogP contribution in [0.3, 0.4) is 0 Å². The van der Waals surface area contributed by atoms with Gasteiger partial charge in [0.15, 0.2) is 0 Å². The van der Waals surface area contributed by atoms with Gasteiger partial charge in [-0.05, 0) is 79.5 Å². The Hall–Kier alpha value is -3.04.